The van der Waals surface area contributed by atoms with Crippen LogP contribution in [0, 0.1) is 5.82 Å². The summed E-state index contributed by atoms with van der Waals surface area (Å²) < 4.78 is 41.4. The number of sulfone groups is 1. The van der Waals surface area contributed by atoms with Crippen molar-refractivity contribution in [3.8, 4) is 11.1 Å². The lowest BCUT2D eigenvalue weighted by Gasteiger charge is -2.16. The highest BCUT2D eigenvalue weighted by atomic mass is 32.2. The summed E-state index contributed by atoms with van der Waals surface area (Å²) in [6.07, 6.45) is 3.87. The van der Waals surface area contributed by atoms with E-state index in [1.165, 1.54) is 12.1 Å². The van der Waals surface area contributed by atoms with Crippen LogP contribution in [0.2, 0.25) is 0 Å². The molecule has 2 atom stereocenters. The maximum atomic E-state index is 13.3. The molecule has 150 valence electrons. The Morgan fingerprint density at radius 3 is 2.59 bits per heavy atom. The fourth-order valence-corrected chi connectivity index (χ4v) is 6.79. The predicted molar refractivity (Wildman–Crippen MR) is 109 cm³/mol. The van der Waals surface area contributed by atoms with Gasteiger partial charge in [0.25, 0.3) is 0 Å². The molecule has 5 nitrogen and oxygen atoms in total. The zero-order chi connectivity index (χ0) is 20.2. The molecule has 7 heteroatoms. The fourth-order valence-electron chi connectivity index (χ4n) is 4.60. The van der Waals surface area contributed by atoms with Gasteiger partial charge in [0.1, 0.15) is 5.82 Å². The molecule has 5 rings (SSSR count). The third-order valence-electron chi connectivity index (χ3n) is 6.05. The van der Waals surface area contributed by atoms with Gasteiger partial charge in [-0.25, -0.2) is 12.8 Å². The second kappa shape index (κ2) is 6.78. The smallest absolute Gasteiger partial charge is 0.183 e. The largest absolute Gasteiger partial charge is 0.297 e. The normalized spacial score (nSPS) is 22.6. The molecule has 0 radical (unpaired) electrons. The van der Waals surface area contributed by atoms with Gasteiger partial charge in [0.15, 0.2) is 9.84 Å². The van der Waals surface area contributed by atoms with Gasteiger partial charge in [-0.1, -0.05) is 18.2 Å². The van der Waals surface area contributed by atoms with Crippen LogP contribution in [0.5, 0.6) is 0 Å². The Morgan fingerprint density at radius 1 is 1.10 bits per heavy atom. The van der Waals surface area contributed by atoms with Crippen LogP contribution in [0.4, 0.5) is 4.39 Å². The van der Waals surface area contributed by atoms with E-state index in [1.54, 1.807) is 18.2 Å². The summed E-state index contributed by atoms with van der Waals surface area (Å²) in [6.45, 7) is 4.81. The molecule has 0 saturated carbocycles. The van der Waals surface area contributed by atoms with Crippen molar-refractivity contribution in [1.82, 2.24) is 14.7 Å². The van der Waals surface area contributed by atoms with Gasteiger partial charge in [0, 0.05) is 43.9 Å². The van der Waals surface area contributed by atoms with Gasteiger partial charge >= 0.3 is 0 Å². The molecule has 3 aromatic rings. The molecule has 0 N–H and O–H groups in total. The van der Waals surface area contributed by atoms with E-state index in [-0.39, 0.29) is 11.7 Å². The lowest BCUT2D eigenvalue weighted by atomic mass is 9.94. The number of nitrogens with zero attached hydrogens (tertiary/aromatic N) is 3. The Kier molecular flexibility index (Phi) is 4.33. The maximum Gasteiger partial charge on any atom is 0.183 e. The summed E-state index contributed by atoms with van der Waals surface area (Å²) >= 11 is 0. The third-order valence-corrected chi connectivity index (χ3v) is 8.31. The van der Waals surface area contributed by atoms with Gasteiger partial charge in [0.2, 0.25) is 0 Å². The molecular weight excluding hydrogens is 389 g/mol. The van der Waals surface area contributed by atoms with Gasteiger partial charge in [-0.2, -0.15) is 5.10 Å². The second-order valence-electron chi connectivity index (χ2n) is 7.85. The molecule has 2 aliphatic rings. The molecule has 0 amide bonds. The van der Waals surface area contributed by atoms with Crippen LogP contribution in [-0.4, -0.2) is 41.4 Å². The Balaban J connectivity index is 1.45. The van der Waals surface area contributed by atoms with Crippen LogP contribution >= 0.6 is 0 Å². The van der Waals surface area contributed by atoms with E-state index in [2.05, 4.69) is 10.00 Å². The van der Waals surface area contributed by atoms with Gasteiger partial charge < -0.3 is 0 Å². The highest BCUT2D eigenvalue weighted by Gasteiger charge is 2.50. The number of aromatic nitrogens is 2. The first-order valence-electron chi connectivity index (χ1n) is 9.83. The van der Waals surface area contributed by atoms with Crippen LogP contribution in [0.15, 0.2) is 59.8 Å². The summed E-state index contributed by atoms with van der Waals surface area (Å²) in [6, 6.07) is 11.8. The lowest BCUT2D eigenvalue weighted by molar-refractivity contribution is 0.325. The first kappa shape index (κ1) is 18.5. The summed E-state index contributed by atoms with van der Waals surface area (Å²) in [4.78, 5) is 2.66. The van der Waals surface area contributed by atoms with E-state index in [0.717, 1.165) is 28.8 Å². The zero-order valence-electron chi connectivity index (χ0n) is 16.1. The summed E-state index contributed by atoms with van der Waals surface area (Å²) in [7, 11) is -3.34. The van der Waals surface area contributed by atoms with Crippen molar-refractivity contribution >= 4 is 9.84 Å². The molecule has 3 heterocycles. The number of aryl methyl sites for hydroxylation is 1. The van der Waals surface area contributed by atoms with Gasteiger partial charge in [-0.05, 0) is 47.9 Å². The molecule has 0 unspecified atom stereocenters. The van der Waals surface area contributed by atoms with E-state index in [9.17, 15) is 12.8 Å². The van der Waals surface area contributed by atoms with Crippen molar-refractivity contribution in [1.29, 1.82) is 0 Å². The molecule has 0 bridgehead atoms. The number of rotatable bonds is 4. The van der Waals surface area contributed by atoms with Crippen molar-refractivity contribution in [3.05, 3.63) is 71.8 Å². The van der Waals surface area contributed by atoms with Gasteiger partial charge in [0.05, 0.1) is 16.3 Å². The number of hydrogen-bond donors (Lipinski definition) is 0. The predicted octanol–water partition coefficient (Wildman–Crippen LogP) is 3.46. The topological polar surface area (TPSA) is 55.2 Å². The van der Waals surface area contributed by atoms with Crippen LogP contribution in [-0.2, 0) is 22.9 Å². The van der Waals surface area contributed by atoms with E-state index >= 15 is 0 Å². The molecule has 0 spiro atoms. The first-order chi connectivity index (χ1) is 14.0. The number of benzene rings is 2. The number of fused-ring (bicyclic) bond motifs is 3. The average molecular weight is 412 g/mol. The monoisotopic (exact) mass is 411 g/mol. The summed E-state index contributed by atoms with van der Waals surface area (Å²) in [5.41, 5.74) is 3.80. The van der Waals surface area contributed by atoms with E-state index in [0.29, 0.717) is 24.5 Å². The van der Waals surface area contributed by atoms with Crippen LogP contribution in [0.25, 0.3) is 11.1 Å². The summed E-state index contributed by atoms with van der Waals surface area (Å²) in [5.74, 6) is -0.313. The first-order valence-corrected chi connectivity index (χ1v) is 11.4. The van der Waals surface area contributed by atoms with E-state index < -0.39 is 15.1 Å². The molecule has 2 aromatic carbocycles. The van der Waals surface area contributed by atoms with Crippen LogP contribution in [0.1, 0.15) is 24.0 Å². The molecule has 1 aromatic heterocycles. The highest BCUT2D eigenvalue weighted by Crippen LogP contribution is 2.46. The Morgan fingerprint density at radius 2 is 1.86 bits per heavy atom. The maximum absolute atomic E-state index is 13.3. The van der Waals surface area contributed by atoms with Crippen molar-refractivity contribution in [3.63, 3.8) is 0 Å². The number of likely N-dealkylation sites (tertiary alicyclic amines) is 1. The highest BCUT2D eigenvalue weighted by molar-refractivity contribution is 7.92. The van der Waals surface area contributed by atoms with E-state index in [1.807, 2.05) is 36.1 Å². The van der Waals surface area contributed by atoms with Gasteiger partial charge in [-0.3, -0.25) is 9.58 Å². The fraction of sp³-hybridized carbons (Fsp3) is 0.318. The van der Waals surface area contributed by atoms with Crippen LogP contribution < -0.4 is 0 Å². The van der Waals surface area contributed by atoms with Crippen molar-refractivity contribution in [2.24, 2.45) is 0 Å². The molecule has 29 heavy (non-hydrogen) atoms. The van der Waals surface area contributed by atoms with Crippen LogP contribution in [0.3, 0.4) is 0 Å². The number of hydrogen-bond acceptors (Lipinski definition) is 4. The molecule has 2 aliphatic heterocycles. The molecule has 1 saturated heterocycles. The third kappa shape index (κ3) is 3.09. The Hall–Kier alpha value is -2.51. The Labute approximate surface area is 169 Å². The molecule has 1 fully saturated rings. The van der Waals surface area contributed by atoms with E-state index in [4.69, 9.17) is 0 Å². The molecule has 0 aliphatic carbocycles. The standard InChI is InChI=1S/C22H22FN3O2S/c1-2-26-12-15(10-24-26)11-25-13-20-19-9-17(16-3-6-18(23)7-4-16)5-8-21(19)29(27,28)22(20)14-25/h3-10,12,20,22H,2,11,13-14H2,1H3/t20-,22-/m0/s1. The minimum absolute atomic E-state index is 0.0309. The van der Waals surface area contributed by atoms with Crippen molar-refractivity contribution < 1.29 is 12.8 Å². The Bertz CT molecular complexity index is 1170. The van der Waals surface area contributed by atoms with Gasteiger partial charge in [-0.15, -0.1) is 0 Å². The SMILES string of the molecule is CCn1cc(CN2C[C@H]3c4cc(-c5ccc(F)cc5)ccc4S(=O)(=O)[C@H]3C2)cn1. The average Bonchev–Trinajstić information content (AvgIpc) is 3.39. The minimum atomic E-state index is -3.34. The van der Waals surface area contributed by atoms with Crippen molar-refractivity contribution in [2.45, 2.75) is 36.1 Å². The van der Waals surface area contributed by atoms with Crippen molar-refractivity contribution in [2.75, 3.05) is 13.1 Å². The minimum Gasteiger partial charge on any atom is -0.297 e. The molecular formula is C22H22FN3O2S. The quantitative estimate of drug-likeness (QED) is 0.660. The summed E-state index contributed by atoms with van der Waals surface area (Å²) in [5, 5.41) is 3.91. The second-order valence-corrected chi connectivity index (χ2v) is 9.98. The lowest BCUT2D eigenvalue weighted by Crippen LogP contribution is -2.25. The zero-order valence-corrected chi connectivity index (χ0v) is 16.9. The number of halogens is 1.